The van der Waals surface area contributed by atoms with Crippen molar-refractivity contribution < 1.29 is 4.74 Å². The SMILES string of the molecule is CCC[C@@H]1CCC[C@H]1N1CCOCC1. The molecule has 2 aliphatic rings. The Labute approximate surface area is 87.6 Å². The number of nitrogens with zero attached hydrogens (tertiary/aromatic N) is 1. The second-order valence-electron chi connectivity index (χ2n) is 4.70. The molecular weight excluding hydrogens is 174 g/mol. The predicted octanol–water partition coefficient (Wildman–Crippen LogP) is 2.29. The third-order valence-corrected chi connectivity index (χ3v) is 3.79. The summed E-state index contributed by atoms with van der Waals surface area (Å²) in [5.41, 5.74) is 0. The first kappa shape index (κ1) is 10.4. The molecule has 0 unspecified atom stereocenters. The standard InChI is InChI=1S/C12H23NO/c1-2-4-11-5-3-6-12(11)13-7-9-14-10-8-13/h11-12H,2-10H2,1H3/t11-,12-/m1/s1. The first-order valence-corrected chi connectivity index (χ1v) is 6.23. The molecule has 0 spiro atoms. The van der Waals surface area contributed by atoms with E-state index in [0.29, 0.717) is 0 Å². The molecule has 2 fully saturated rings. The quantitative estimate of drug-likeness (QED) is 0.688. The lowest BCUT2D eigenvalue weighted by Gasteiger charge is -2.35. The van der Waals surface area contributed by atoms with E-state index in [1.54, 1.807) is 0 Å². The van der Waals surface area contributed by atoms with Gasteiger partial charge in [0.05, 0.1) is 13.2 Å². The van der Waals surface area contributed by atoms with E-state index in [2.05, 4.69) is 11.8 Å². The molecule has 0 aromatic rings. The Balaban J connectivity index is 1.87. The number of morpholine rings is 1. The highest BCUT2D eigenvalue weighted by Crippen LogP contribution is 2.33. The number of hydrogen-bond acceptors (Lipinski definition) is 2. The zero-order valence-corrected chi connectivity index (χ0v) is 9.37. The van der Waals surface area contributed by atoms with Crippen LogP contribution in [-0.4, -0.2) is 37.2 Å². The van der Waals surface area contributed by atoms with Crippen LogP contribution in [0.1, 0.15) is 39.0 Å². The van der Waals surface area contributed by atoms with Crippen molar-refractivity contribution in [3.8, 4) is 0 Å². The molecule has 1 aliphatic heterocycles. The molecule has 14 heavy (non-hydrogen) atoms. The summed E-state index contributed by atoms with van der Waals surface area (Å²) in [7, 11) is 0. The zero-order chi connectivity index (χ0) is 9.80. The smallest absolute Gasteiger partial charge is 0.0594 e. The Kier molecular flexibility index (Phi) is 3.82. The summed E-state index contributed by atoms with van der Waals surface area (Å²) in [6.45, 7) is 6.56. The Hall–Kier alpha value is -0.0800. The summed E-state index contributed by atoms with van der Waals surface area (Å²) in [6.07, 6.45) is 7.14. The molecule has 1 heterocycles. The van der Waals surface area contributed by atoms with Crippen LogP contribution in [0.4, 0.5) is 0 Å². The van der Waals surface area contributed by atoms with Gasteiger partial charge in [-0.1, -0.05) is 19.8 Å². The minimum atomic E-state index is 0.888. The van der Waals surface area contributed by atoms with E-state index in [9.17, 15) is 0 Å². The van der Waals surface area contributed by atoms with E-state index < -0.39 is 0 Å². The zero-order valence-electron chi connectivity index (χ0n) is 9.37. The molecule has 1 saturated heterocycles. The van der Waals surface area contributed by atoms with Crippen LogP contribution in [0, 0.1) is 5.92 Å². The molecule has 0 bridgehead atoms. The van der Waals surface area contributed by atoms with E-state index in [-0.39, 0.29) is 0 Å². The largest absolute Gasteiger partial charge is 0.379 e. The fourth-order valence-electron chi connectivity index (χ4n) is 3.11. The van der Waals surface area contributed by atoms with Crippen LogP contribution in [0.2, 0.25) is 0 Å². The molecule has 2 heteroatoms. The molecule has 0 aromatic heterocycles. The topological polar surface area (TPSA) is 12.5 Å². The number of hydrogen-bond donors (Lipinski definition) is 0. The van der Waals surface area contributed by atoms with E-state index >= 15 is 0 Å². The maximum atomic E-state index is 5.41. The van der Waals surface area contributed by atoms with Gasteiger partial charge in [-0.15, -0.1) is 0 Å². The summed E-state index contributed by atoms with van der Waals surface area (Å²) < 4.78 is 5.41. The summed E-state index contributed by atoms with van der Waals surface area (Å²) in [6, 6.07) is 0.888. The van der Waals surface area contributed by atoms with Gasteiger partial charge in [0.2, 0.25) is 0 Å². The number of ether oxygens (including phenoxy) is 1. The Morgan fingerprint density at radius 1 is 1.21 bits per heavy atom. The molecule has 0 amide bonds. The fraction of sp³-hybridized carbons (Fsp3) is 1.00. The minimum Gasteiger partial charge on any atom is -0.379 e. The highest BCUT2D eigenvalue weighted by Gasteiger charge is 2.31. The molecule has 82 valence electrons. The summed E-state index contributed by atoms with van der Waals surface area (Å²) in [4.78, 5) is 2.68. The summed E-state index contributed by atoms with van der Waals surface area (Å²) in [5.74, 6) is 0.984. The molecule has 2 nitrogen and oxygen atoms in total. The monoisotopic (exact) mass is 197 g/mol. The van der Waals surface area contributed by atoms with Crippen molar-refractivity contribution in [2.24, 2.45) is 5.92 Å². The minimum absolute atomic E-state index is 0.888. The molecule has 1 aliphatic carbocycles. The molecule has 2 atom stereocenters. The molecule has 0 aromatic carbocycles. The summed E-state index contributed by atoms with van der Waals surface area (Å²) >= 11 is 0. The second kappa shape index (κ2) is 5.13. The highest BCUT2D eigenvalue weighted by atomic mass is 16.5. The first-order valence-electron chi connectivity index (χ1n) is 6.23. The normalized spacial score (nSPS) is 34.9. The van der Waals surface area contributed by atoms with Crippen molar-refractivity contribution in [2.45, 2.75) is 45.1 Å². The van der Waals surface area contributed by atoms with E-state index in [1.165, 1.54) is 45.2 Å². The van der Waals surface area contributed by atoms with Crippen LogP contribution in [0.15, 0.2) is 0 Å². The van der Waals surface area contributed by atoms with Crippen LogP contribution in [0.5, 0.6) is 0 Å². The van der Waals surface area contributed by atoms with Gasteiger partial charge in [0.25, 0.3) is 0 Å². The van der Waals surface area contributed by atoms with Gasteiger partial charge in [-0.3, -0.25) is 4.90 Å². The maximum absolute atomic E-state index is 5.41. The van der Waals surface area contributed by atoms with Gasteiger partial charge in [-0.05, 0) is 25.2 Å². The van der Waals surface area contributed by atoms with E-state index in [4.69, 9.17) is 4.74 Å². The molecule has 2 rings (SSSR count). The molecule has 0 radical (unpaired) electrons. The number of rotatable bonds is 3. The van der Waals surface area contributed by atoms with Gasteiger partial charge in [0.1, 0.15) is 0 Å². The van der Waals surface area contributed by atoms with Gasteiger partial charge in [-0.25, -0.2) is 0 Å². The highest BCUT2D eigenvalue weighted by molar-refractivity contribution is 4.86. The van der Waals surface area contributed by atoms with Crippen molar-refractivity contribution in [3.05, 3.63) is 0 Å². The average Bonchev–Trinajstić information content (AvgIpc) is 2.68. The Morgan fingerprint density at radius 3 is 2.71 bits per heavy atom. The third kappa shape index (κ3) is 2.29. The van der Waals surface area contributed by atoms with Crippen molar-refractivity contribution in [3.63, 3.8) is 0 Å². The van der Waals surface area contributed by atoms with Crippen LogP contribution in [0.25, 0.3) is 0 Å². The maximum Gasteiger partial charge on any atom is 0.0594 e. The van der Waals surface area contributed by atoms with Crippen molar-refractivity contribution in [1.82, 2.24) is 4.90 Å². The third-order valence-electron chi connectivity index (χ3n) is 3.79. The van der Waals surface area contributed by atoms with Gasteiger partial charge < -0.3 is 4.74 Å². The predicted molar refractivity (Wildman–Crippen MR) is 58.4 cm³/mol. The van der Waals surface area contributed by atoms with Crippen molar-refractivity contribution in [2.75, 3.05) is 26.3 Å². The van der Waals surface area contributed by atoms with Gasteiger partial charge >= 0.3 is 0 Å². The lowest BCUT2D eigenvalue weighted by molar-refractivity contribution is 0.00737. The first-order chi connectivity index (χ1) is 6.92. The second-order valence-corrected chi connectivity index (χ2v) is 4.70. The molecule has 0 N–H and O–H groups in total. The van der Waals surface area contributed by atoms with E-state index in [1.807, 2.05) is 0 Å². The van der Waals surface area contributed by atoms with Crippen molar-refractivity contribution in [1.29, 1.82) is 0 Å². The lowest BCUT2D eigenvalue weighted by Crippen LogP contribution is -2.45. The average molecular weight is 197 g/mol. The van der Waals surface area contributed by atoms with Gasteiger partial charge in [0.15, 0.2) is 0 Å². The van der Waals surface area contributed by atoms with Gasteiger partial charge in [-0.2, -0.15) is 0 Å². The van der Waals surface area contributed by atoms with Crippen LogP contribution >= 0.6 is 0 Å². The molecule has 1 saturated carbocycles. The summed E-state index contributed by atoms with van der Waals surface area (Å²) in [5, 5.41) is 0. The van der Waals surface area contributed by atoms with Crippen LogP contribution in [0.3, 0.4) is 0 Å². The fourth-order valence-corrected chi connectivity index (χ4v) is 3.11. The Morgan fingerprint density at radius 2 is 2.00 bits per heavy atom. The van der Waals surface area contributed by atoms with Crippen LogP contribution < -0.4 is 0 Å². The van der Waals surface area contributed by atoms with E-state index in [0.717, 1.165) is 25.2 Å². The Bertz CT molecular complexity index is 166. The lowest BCUT2D eigenvalue weighted by atomic mass is 9.96. The van der Waals surface area contributed by atoms with Crippen LogP contribution in [-0.2, 0) is 4.74 Å². The molecular formula is C12H23NO. The van der Waals surface area contributed by atoms with Crippen molar-refractivity contribution >= 4 is 0 Å². The van der Waals surface area contributed by atoms with Gasteiger partial charge in [0, 0.05) is 19.1 Å².